The number of aromatic amines is 1. The fourth-order valence-electron chi connectivity index (χ4n) is 3.39. The van der Waals surface area contributed by atoms with Crippen LogP contribution in [0.4, 0.5) is 5.82 Å². The summed E-state index contributed by atoms with van der Waals surface area (Å²) < 4.78 is 24.1. The Labute approximate surface area is 160 Å². The minimum absolute atomic E-state index is 0.0786. The molecular weight excluding hydrogens is 370 g/mol. The molecule has 3 heterocycles. The predicted octanol–water partition coefficient (Wildman–Crippen LogP) is 3.39. The van der Waals surface area contributed by atoms with E-state index in [9.17, 15) is 4.79 Å². The maximum Gasteiger partial charge on any atom is 0.271 e. The molecule has 0 fully saturated rings. The summed E-state index contributed by atoms with van der Waals surface area (Å²) in [5.74, 6) is 2.74. The van der Waals surface area contributed by atoms with Gasteiger partial charge < -0.3 is 18.9 Å². The Kier molecular flexibility index (Phi) is 4.33. The number of H-pyrrole nitrogens is 1. The number of benzene rings is 1. The SMILES string of the molecule is COc1cc(C2SC(C)=Nc3c2c(=O)[nH]n3C(C)C)c(OC)c2c1OCO2. The molecule has 0 radical (unpaired) electrons. The lowest BCUT2D eigenvalue weighted by Gasteiger charge is -2.24. The van der Waals surface area contributed by atoms with Gasteiger partial charge in [-0.25, -0.2) is 4.99 Å². The summed E-state index contributed by atoms with van der Waals surface area (Å²) in [6.45, 7) is 6.03. The minimum atomic E-state index is -0.306. The molecule has 2 aromatic rings. The first-order chi connectivity index (χ1) is 13.0. The molecule has 0 bridgehead atoms. The third-order valence-electron chi connectivity index (χ3n) is 4.56. The van der Waals surface area contributed by atoms with Crippen molar-refractivity contribution in [1.82, 2.24) is 9.78 Å². The highest BCUT2D eigenvalue weighted by atomic mass is 32.2. The van der Waals surface area contributed by atoms with Crippen LogP contribution in [0.3, 0.4) is 0 Å². The maximum atomic E-state index is 12.8. The van der Waals surface area contributed by atoms with Gasteiger partial charge in [0.1, 0.15) is 0 Å². The van der Waals surface area contributed by atoms with Crippen LogP contribution in [0.1, 0.15) is 43.2 Å². The molecule has 0 saturated heterocycles. The number of hydrogen-bond donors (Lipinski definition) is 1. The molecule has 27 heavy (non-hydrogen) atoms. The number of thioether (sulfide) groups is 1. The molecular formula is C18H21N3O5S. The lowest BCUT2D eigenvalue weighted by atomic mass is 10.0. The quantitative estimate of drug-likeness (QED) is 0.860. The van der Waals surface area contributed by atoms with Gasteiger partial charge in [0.15, 0.2) is 17.3 Å². The van der Waals surface area contributed by atoms with Crippen molar-refractivity contribution >= 4 is 22.6 Å². The normalized spacial score (nSPS) is 17.7. The molecule has 9 heteroatoms. The summed E-state index contributed by atoms with van der Waals surface area (Å²) in [5.41, 5.74) is 1.22. The predicted molar refractivity (Wildman–Crippen MR) is 103 cm³/mol. The van der Waals surface area contributed by atoms with Crippen LogP contribution in [-0.2, 0) is 0 Å². The third-order valence-corrected chi connectivity index (χ3v) is 5.72. The standard InChI is InChI=1S/C18H21N3O5S/c1-8(2)21-17-12(18(22)20-21)16(27-9(3)19-17)10-6-11(23-4)14-15(13(10)24-5)26-7-25-14/h6,8,16H,7H2,1-5H3,(H,20,22). The molecule has 144 valence electrons. The van der Waals surface area contributed by atoms with Gasteiger partial charge in [0.25, 0.3) is 5.56 Å². The largest absolute Gasteiger partial charge is 0.493 e. The van der Waals surface area contributed by atoms with Gasteiger partial charge in [-0.15, -0.1) is 0 Å². The van der Waals surface area contributed by atoms with Crippen molar-refractivity contribution < 1.29 is 18.9 Å². The summed E-state index contributed by atoms with van der Waals surface area (Å²) in [4.78, 5) is 17.4. The van der Waals surface area contributed by atoms with Gasteiger partial charge in [-0.2, -0.15) is 0 Å². The van der Waals surface area contributed by atoms with Gasteiger partial charge in [0.2, 0.25) is 18.3 Å². The summed E-state index contributed by atoms with van der Waals surface area (Å²) in [5, 5.41) is 3.46. The summed E-state index contributed by atoms with van der Waals surface area (Å²) in [6, 6.07) is 1.92. The fourth-order valence-corrected chi connectivity index (χ4v) is 4.51. The lowest BCUT2D eigenvalue weighted by molar-refractivity contribution is 0.168. The number of fused-ring (bicyclic) bond motifs is 2. The number of nitrogens with one attached hydrogen (secondary N) is 1. The zero-order valence-electron chi connectivity index (χ0n) is 15.8. The summed E-state index contributed by atoms with van der Waals surface area (Å²) in [6.07, 6.45) is 0. The Bertz CT molecular complexity index is 992. The summed E-state index contributed by atoms with van der Waals surface area (Å²) in [7, 11) is 3.15. The van der Waals surface area contributed by atoms with Crippen molar-refractivity contribution in [2.75, 3.05) is 21.0 Å². The van der Waals surface area contributed by atoms with Crippen LogP contribution in [0.15, 0.2) is 15.9 Å². The number of methoxy groups -OCH3 is 2. The van der Waals surface area contributed by atoms with E-state index in [2.05, 4.69) is 10.1 Å². The van der Waals surface area contributed by atoms with Gasteiger partial charge >= 0.3 is 0 Å². The molecule has 1 unspecified atom stereocenters. The smallest absolute Gasteiger partial charge is 0.271 e. The molecule has 1 aromatic heterocycles. The second-order valence-electron chi connectivity index (χ2n) is 6.54. The Morgan fingerprint density at radius 3 is 2.70 bits per heavy atom. The third kappa shape index (κ3) is 2.68. The zero-order chi connectivity index (χ0) is 19.3. The number of rotatable bonds is 4. The monoisotopic (exact) mass is 391 g/mol. The molecule has 0 saturated carbocycles. The van der Waals surface area contributed by atoms with Crippen LogP contribution in [0.5, 0.6) is 23.0 Å². The second kappa shape index (κ2) is 6.56. The van der Waals surface area contributed by atoms with E-state index in [1.165, 1.54) is 11.8 Å². The van der Waals surface area contributed by atoms with Crippen molar-refractivity contribution in [1.29, 1.82) is 0 Å². The van der Waals surface area contributed by atoms with Crippen LogP contribution in [0, 0.1) is 0 Å². The topological polar surface area (TPSA) is 87.1 Å². The number of ether oxygens (including phenoxy) is 4. The number of hydrogen-bond acceptors (Lipinski definition) is 7. The molecule has 0 aliphatic carbocycles. The summed E-state index contributed by atoms with van der Waals surface area (Å²) >= 11 is 1.50. The maximum absolute atomic E-state index is 12.8. The average molecular weight is 391 g/mol. The lowest BCUT2D eigenvalue weighted by Crippen LogP contribution is -2.14. The van der Waals surface area contributed by atoms with E-state index in [4.69, 9.17) is 18.9 Å². The first-order valence-electron chi connectivity index (χ1n) is 8.57. The van der Waals surface area contributed by atoms with Crippen molar-refractivity contribution in [2.24, 2.45) is 4.99 Å². The Morgan fingerprint density at radius 1 is 1.30 bits per heavy atom. The Hall–Kier alpha value is -2.55. The molecule has 8 nitrogen and oxygen atoms in total. The van der Waals surface area contributed by atoms with E-state index in [-0.39, 0.29) is 23.6 Å². The van der Waals surface area contributed by atoms with E-state index in [0.29, 0.717) is 34.4 Å². The Balaban J connectivity index is 1.96. The highest BCUT2D eigenvalue weighted by molar-refractivity contribution is 8.14. The fraction of sp³-hybridized carbons (Fsp3) is 0.444. The van der Waals surface area contributed by atoms with Gasteiger partial charge in [-0.3, -0.25) is 14.6 Å². The molecule has 1 aromatic carbocycles. The minimum Gasteiger partial charge on any atom is -0.493 e. The van der Waals surface area contributed by atoms with Crippen molar-refractivity contribution in [3.63, 3.8) is 0 Å². The van der Waals surface area contributed by atoms with Crippen molar-refractivity contribution in [2.45, 2.75) is 32.1 Å². The number of nitrogens with zero attached hydrogens (tertiary/aromatic N) is 2. The van der Waals surface area contributed by atoms with Crippen LogP contribution in [-0.4, -0.2) is 35.8 Å². The Morgan fingerprint density at radius 2 is 2.04 bits per heavy atom. The van der Waals surface area contributed by atoms with E-state index in [0.717, 1.165) is 10.6 Å². The van der Waals surface area contributed by atoms with Crippen molar-refractivity contribution in [3.05, 3.63) is 27.5 Å². The second-order valence-corrected chi connectivity index (χ2v) is 7.83. The zero-order valence-corrected chi connectivity index (χ0v) is 16.6. The van der Waals surface area contributed by atoms with Crippen LogP contribution >= 0.6 is 11.8 Å². The molecule has 0 amide bonds. The van der Waals surface area contributed by atoms with Crippen LogP contribution in [0.25, 0.3) is 0 Å². The van der Waals surface area contributed by atoms with Gasteiger partial charge in [-0.05, 0) is 26.8 Å². The van der Waals surface area contributed by atoms with Crippen LogP contribution in [0.2, 0.25) is 0 Å². The highest BCUT2D eigenvalue weighted by Gasteiger charge is 2.36. The van der Waals surface area contributed by atoms with Crippen molar-refractivity contribution in [3.8, 4) is 23.0 Å². The number of aliphatic imine (C=N–C) groups is 1. The van der Waals surface area contributed by atoms with Gasteiger partial charge in [0.05, 0.1) is 30.1 Å². The molecule has 2 aliphatic heterocycles. The number of aromatic nitrogens is 2. The van der Waals surface area contributed by atoms with Gasteiger partial charge in [-0.1, -0.05) is 11.8 Å². The highest BCUT2D eigenvalue weighted by Crippen LogP contribution is 2.55. The van der Waals surface area contributed by atoms with E-state index >= 15 is 0 Å². The van der Waals surface area contributed by atoms with Gasteiger partial charge in [0, 0.05) is 11.6 Å². The van der Waals surface area contributed by atoms with E-state index in [1.54, 1.807) is 18.9 Å². The molecule has 1 atom stereocenters. The first kappa shape index (κ1) is 17.8. The average Bonchev–Trinajstić information content (AvgIpc) is 3.24. The van der Waals surface area contributed by atoms with E-state index < -0.39 is 0 Å². The molecule has 4 rings (SSSR count). The molecule has 0 spiro atoms. The van der Waals surface area contributed by atoms with E-state index in [1.807, 2.05) is 26.8 Å². The molecule has 2 aliphatic rings. The molecule has 1 N–H and O–H groups in total. The first-order valence-corrected chi connectivity index (χ1v) is 9.45. The van der Waals surface area contributed by atoms with Crippen LogP contribution < -0.4 is 24.5 Å².